The van der Waals surface area contributed by atoms with Crippen LogP contribution in [0.1, 0.15) is 17.5 Å². The Morgan fingerprint density at radius 1 is 1.21 bits per heavy atom. The molecule has 0 aliphatic heterocycles. The Morgan fingerprint density at radius 2 is 1.96 bits per heavy atom. The summed E-state index contributed by atoms with van der Waals surface area (Å²) >= 11 is 1.48. The number of thiophene rings is 1. The first-order valence-electron chi connectivity index (χ1n) is 7.13. The van der Waals surface area contributed by atoms with E-state index in [1.165, 1.54) is 18.3 Å². The van der Waals surface area contributed by atoms with Crippen molar-refractivity contribution >= 4 is 23.2 Å². The zero-order chi connectivity index (χ0) is 17.1. The maximum atomic E-state index is 12.2. The number of aromatic nitrogens is 3. The molecule has 2 aromatic heterocycles. The summed E-state index contributed by atoms with van der Waals surface area (Å²) in [6.07, 6.45) is -1.05. The average Bonchev–Trinajstić information content (AvgIpc) is 3.24. The molecule has 0 aliphatic carbocycles. The molecule has 1 atom stereocenters. The number of esters is 1. The minimum Gasteiger partial charge on any atom is -0.447 e. The number of carbonyl (C=O) groups is 2. The molecule has 0 spiro atoms. The summed E-state index contributed by atoms with van der Waals surface area (Å²) in [6.45, 7) is 1.40. The number of carbonyl (C=O) groups excluding carboxylic acids is 2. The van der Waals surface area contributed by atoms with Crippen molar-refractivity contribution in [2.75, 3.05) is 0 Å². The predicted molar refractivity (Wildman–Crippen MR) is 88.7 cm³/mol. The van der Waals surface area contributed by atoms with E-state index in [-0.39, 0.29) is 5.82 Å². The standard InChI is InChI=1S/C16H14N4O3S/c1-10(13(17)21)23-16(22)14-18-15(12-8-5-9-24-12)20(19-14)11-6-3-2-4-7-11/h2-10H,1H3,(H2,17,21)/t10-/m0/s1. The van der Waals surface area contributed by atoms with Gasteiger partial charge in [-0.15, -0.1) is 16.4 Å². The van der Waals surface area contributed by atoms with Crippen molar-refractivity contribution in [1.29, 1.82) is 0 Å². The third-order valence-corrected chi connectivity index (χ3v) is 4.08. The molecule has 0 unspecified atom stereocenters. The van der Waals surface area contributed by atoms with Crippen molar-refractivity contribution in [2.24, 2.45) is 5.73 Å². The Kier molecular flexibility index (Phi) is 4.39. The van der Waals surface area contributed by atoms with Gasteiger partial charge in [0.15, 0.2) is 11.9 Å². The maximum absolute atomic E-state index is 12.2. The van der Waals surface area contributed by atoms with Crippen molar-refractivity contribution in [3.05, 3.63) is 53.7 Å². The fraction of sp³-hybridized carbons (Fsp3) is 0.125. The molecule has 3 aromatic rings. The topological polar surface area (TPSA) is 100 Å². The molecule has 2 N–H and O–H groups in total. The molecule has 7 nitrogen and oxygen atoms in total. The van der Waals surface area contributed by atoms with Crippen molar-refractivity contribution in [1.82, 2.24) is 14.8 Å². The van der Waals surface area contributed by atoms with Gasteiger partial charge in [0, 0.05) is 0 Å². The summed E-state index contributed by atoms with van der Waals surface area (Å²) in [7, 11) is 0. The van der Waals surface area contributed by atoms with Gasteiger partial charge in [-0.25, -0.2) is 9.48 Å². The predicted octanol–water partition coefficient (Wildman–Crippen LogP) is 2.03. The summed E-state index contributed by atoms with van der Waals surface area (Å²) < 4.78 is 6.54. The number of para-hydroxylation sites is 1. The lowest BCUT2D eigenvalue weighted by atomic mass is 10.3. The molecule has 8 heteroatoms. The number of nitrogens with two attached hydrogens (primary N) is 1. The van der Waals surface area contributed by atoms with Gasteiger partial charge in [0.05, 0.1) is 10.6 Å². The molecule has 2 heterocycles. The van der Waals surface area contributed by atoms with Gasteiger partial charge in [0.1, 0.15) is 0 Å². The minimum atomic E-state index is -1.05. The van der Waals surface area contributed by atoms with Crippen LogP contribution in [-0.4, -0.2) is 32.7 Å². The fourth-order valence-corrected chi connectivity index (χ4v) is 2.68. The molecule has 0 saturated carbocycles. The van der Waals surface area contributed by atoms with Gasteiger partial charge in [-0.3, -0.25) is 4.79 Å². The number of primary amides is 1. The Labute approximate surface area is 141 Å². The Hall–Kier alpha value is -3.00. The van der Waals surface area contributed by atoms with E-state index in [0.717, 1.165) is 10.6 Å². The highest BCUT2D eigenvalue weighted by atomic mass is 32.1. The first kappa shape index (κ1) is 15.9. The van der Waals surface area contributed by atoms with Gasteiger partial charge in [0.2, 0.25) is 0 Å². The van der Waals surface area contributed by atoms with E-state index in [0.29, 0.717) is 5.82 Å². The van der Waals surface area contributed by atoms with E-state index >= 15 is 0 Å². The lowest BCUT2D eigenvalue weighted by molar-refractivity contribution is -0.125. The van der Waals surface area contributed by atoms with Crippen LogP contribution in [0.3, 0.4) is 0 Å². The quantitative estimate of drug-likeness (QED) is 0.715. The Balaban J connectivity index is 2.01. The van der Waals surface area contributed by atoms with Gasteiger partial charge in [-0.05, 0) is 30.5 Å². The molecule has 122 valence electrons. The highest BCUT2D eigenvalue weighted by Crippen LogP contribution is 2.25. The molecule has 3 rings (SSSR count). The van der Waals surface area contributed by atoms with E-state index in [1.54, 1.807) is 4.68 Å². The minimum absolute atomic E-state index is 0.129. The molecular weight excluding hydrogens is 328 g/mol. The van der Waals surface area contributed by atoms with Gasteiger partial charge in [0.25, 0.3) is 11.7 Å². The van der Waals surface area contributed by atoms with Crippen LogP contribution >= 0.6 is 11.3 Å². The van der Waals surface area contributed by atoms with Crippen molar-refractivity contribution in [3.8, 4) is 16.4 Å². The van der Waals surface area contributed by atoms with Crippen LogP contribution in [0.5, 0.6) is 0 Å². The van der Waals surface area contributed by atoms with Gasteiger partial charge >= 0.3 is 5.97 Å². The monoisotopic (exact) mass is 342 g/mol. The first-order valence-corrected chi connectivity index (χ1v) is 8.01. The van der Waals surface area contributed by atoms with Crippen LogP contribution in [0, 0.1) is 0 Å². The van der Waals surface area contributed by atoms with E-state index in [1.807, 2.05) is 47.8 Å². The number of hydrogen-bond donors (Lipinski definition) is 1. The molecule has 0 radical (unpaired) electrons. The van der Waals surface area contributed by atoms with Crippen LogP contribution in [0.2, 0.25) is 0 Å². The maximum Gasteiger partial charge on any atom is 0.379 e. The van der Waals surface area contributed by atoms with Crippen molar-refractivity contribution in [3.63, 3.8) is 0 Å². The molecule has 1 aromatic carbocycles. The largest absolute Gasteiger partial charge is 0.447 e. The zero-order valence-electron chi connectivity index (χ0n) is 12.7. The van der Waals surface area contributed by atoms with E-state index in [2.05, 4.69) is 10.1 Å². The average molecular weight is 342 g/mol. The third-order valence-electron chi connectivity index (χ3n) is 3.22. The second kappa shape index (κ2) is 6.63. The molecule has 0 saturated heterocycles. The number of benzene rings is 1. The highest BCUT2D eigenvalue weighted by molar-refractivity contribution is 7.13. The van der Waals surface area contributed by atoms with Crippen LogP contribution < -0.4 is 5.73 Å². The van der Waals surface area contributed by atoms with Crippen LogP contribution in [0.15, 0.2) is 47.8 Å². The zero-order valence-corrected chi connectivity index (χ0v) is 13.6. The number of ether oxygens (including phenoxy) is 1. The lowest BCUT2D eigenvalue weighted by Crippen LogP contribution is -2.30. The fourth-order valence-electron chi connectivity index (χ4n) is 1.98. The second-order valence-electron chi connectivity index (χ2n) is 4.93. The van der Waals surface area contributed by atoms with Gasteiger partial charge < -0.3 is 10.5 Å². The van der Waals surface area contributed by atoms with Crippen LogP contribution in [0.4, 0.5) is 0 Å². The first-order chi connectivity index (χ1) is 11.6. The number of rotatable bonds is 5. The number of hydrogen-bond acceptors (Lipinski definition) is 6. The molecule has 1 amide bonds. The number of nitrogens with zero attached hydrogens (tertiary/aromatic N) is 3. The van der Waals surface area contributed by atoms with Gasteiger partial charge in [-0.2, -0.15) is 4.98 Å². The van der Waals surface area contributed by atoms with E-state index < -0.39 is 18.0 Å². The summed E-state index contributed by atoms with van der Waals surface area (Å²) in [5.41, 5.74) is 5.86. The van der Waals surface area contributed by atoms with Gasteiger partial charge in [-0.1, -0.05) is 24.3 Å². The van der Waals surface area contributed by atoms with E-state index in [9.17, 15) is 9.59 Å². The molecular formula is C16H14N4O3S. The summed E-state index contributed by atoms with van der Waals surface area (Å²) in [5, 5.41) is 6.14. The smallest absolute Gasteiger partial charge is 0.379 e. The van der Waals surface area contributed by atoms with Crippen LogP contribution in [0.25, 0.3) is 16.4 Å². The summed E-state index contributed by atoms with van der Waals surface area (Å²) in [4.78, 5) is 28.3. The van der Waals surface area contributed by atoms with Crippen molar-refractivity contribution in [2.45, 2.75) is 13.0 Å². The van der Waals surface area contributed by atoms with Crippen LogP contribution in [-0.2, 0) is 9.53 Å². The lowest BCUT2D eigenvalue weighted by Gasteiger charge is -2.06. The normalized spacial score (nSPS) is 11.9. The summed E-state index contributed by atoms with van der Waals surface area (Å²) in [6, 6.07) is 13.1. The second-order valence-corrected chi connectivity index (χ2v) is 5.88. The molecule has 24 heavy (non-hydrogen) atoms. The molecule has 0 fully saturated rings. The SMILES string of the molecule is C[C@H](OC(=O)c1nc(-c2cccs2)n(-c2ccccc2)n1)C(N)=O. The number of amides is 1. The van der Waals surface area contributed by atoms with Crippen molar-refractivity contribution < 1.29 is 14.3 Å². The third kappa shape index (κ3) is 3.18. The molecule has 0 aliphatic rings. The summed E-state index contributed by atoms with van der Waals surface area (Å²) in [5.74, 6) is -1.14. The Morgan fingerprint density at radius 3 is 2.58 bits per heavy atom. The highest BCUT2D eigenvalue weighted by Gasteiger charge is 2.23. The molecule has 0 bridgehead atoms. The Bertz CT molecular complexity index is 859. The van der Waals surface area contributed by atoms with E-state index in [4.69, 9.17) is 10.5 Å².